The van der Waals surface area contributed by atoms with Crippen molar-refractivity contribution in [1.29, 1.82) is 0 Å². The Morgan fingerprint density at radius 2 is 1.04 bits per heavy atom. The maximum absolute atomic E-state index is 12.8. The first-order valence-electron chi connectivity index (χ1n) is 10.5. The maximum atomic E-state index is 12.8. The Labute approximate surface area is 162 Å². The molecule has 2 saturated heterocycles. The fraction of sp³-hybridized carbons (Fsp3) is 0.850. The van der Waals surface area contributed by atoms with Gasteiger partial charge in [0.15, 0.2) is 0 Å². The average Bonchev–Trinajstić information content (AvgIpc) is 2.73. The van der Waals surface area contributed by atoms with Gasteiger partial charge in [-0.25, -0.2) is 0 Å². The highest BCUT2D eigenvalue weighted by Crippen LogP contribution is 2.31. The second kappa shape index (κ2) is 9.04. The van der Waals surface area contributed by atoms with Crippen molar-refractivity contribution in [2.45, 2.75) is 39.5 Å². The van der Waals surface area contributed by atoms with Crippen molar-refractivity contribution < 1.29 is 14.4 Å². The van der Waals surface area contributed by atoms with Crippen molar-refractivity contribution in [2.75, 3.05) is 58.9 Å². The van der Waals surface area contributed by atoms with Gasteiger partial charge in [-0.05, 0) is 32.2 Å². The molecule has 7 nitrogen and oxygen atoms in total. The van der Waals surface area contributed by atoms with Gasteiger partial charge in [-0.1, -0.05) is 6.92 Å². The van der Waals surface area contributed by atoms with E-state index in [0.29, 0.717) is 32.1 Å². The van der Waals surface area contributed by atoms with Crippen molar-refractivity contribution in [3.8, 4) is 0 Å². The van der Waals surface area contributed by atoms with Crippen LogP contribution in [0.5, 0.6) is 0 Å². The molecule has 1 aliphatic carbocycles. The lowest BCUT2D eigenvalue weighted by atomic mass is 9.80. The van der Waals surface area contributed by atoms with Gasteiger partial charge in [-0.15, -0.1) is 0 Å². The second-order valence-electron chi connectivity index (χ2n) is 8.14. The fourth-order valence-corrected chi connectivity index (χ4v) is 4.63. The molecule has 0 aromatic rings. The molecule has 27 heavy (non-hydrogen) atoms. The van der Waals surface area contributed by atoms with Crippen LogP contribution < -0.4 is 0 Å². The van der Waals surface area contributed by atoms with Crippen LogP contribution in [0.15, 0.2) is 0 Å². The number of rotatable bonds is 3. The van der Waals surface area contributed by atoms with E-state index >= 15 is 0 Å². The van der Waals surface area contributed by atoms with E-state index in [0.717, 1.165) is 58.4 Å². The van der Waals surface area contributed by atoms with Gasteiger partial charge in [-0.3, -0.25) is 14.4 Å². The van der Waals surface area contributed by atoms with Crippen molar-refractivity contribution in [2.24, 2.45) is 11.8 Å². The molecule has 3 fully saturated rings. The number of likely N-dealkylation sites (N-methyl/N-ethyl adjacent to an activating group) is 1. The number of amides is 3. The van der Waals surface area contributed by atoms with Gasteiger partial charge in [0.2, 0.25) is 17.7 Å². The summed E-state index contributed by atoms with van der Waals surface area (Å²) in [7, 11) is 0. The molecule has 0 radical (unpaired) electrons. The summed E-state index contributed by atoms with van der Waals surface area (Å²) in [6, 6.07) is 0. The number of hydrogen-bond donors (Lipinski definition) is 0. The topological polar surface area (TPSA) is 64.2 Å². The van der Waals surface area contributed by atoms with E-state index in [-0.39, 0.29) is 23.7 Å². The molecule has 0 aromatic heterocycles. The van der Waals surface area contributed by atoms with Gasteiger partial charge in [0.05, 0.1) is 0 Å². The Morgan fingerprint density at radius 3 is 1.41 bits per heavy atom. The molecule has 0 unspecified atom stereocenters. The third-order valence-electron chi connectivity index (χ3n) is 6.59. The molecule has 2 heterocycles. The van der Waals surface area contributed by atoms with Gasteiger partial charge in [0.25, 0.3) is 0 Å². The predicted octanol–water partition coefficient (Wildman–Crippen LogP) is 0.648. The number of piperazine rings is 2. The molecule has 0 atom stereocenters. The first-order chi connectivity index (χ1) is 13.0. The van der Waals surface area contributed by atoms with Gasteiger partial charge in [0, 0.05) is 71.1 Å². The Morgan fingerprint density at radius 1 is 0.667 bits per heavy atom. The second-order valence-corrected chi connectivity index (χ2v) is 8.14. The highest BCUT2D eigenvalue weighted by molar-refractivity contribution is 5.81. The number of carbonyl (C=O) groups excluding carboxylic acids is 3. The monoisotopic (exact) mass is 378 g/mol. The molecule has 0 spiro atoms. The smallest absolute Gasteiger partial charge is 0.225 e. The molecule has 0 aromatic carbocycles. The molecule has 0 N–H and O–H groups in total. The fourth-order valence-electron chi connectivity index (χ4n) is 4.63. The summed E-state index contributed by atoms with van der Waals surface area (Å²) >= 11 is 0. The van der Waals surface area contributed by atoms with Crippen molar-refractivity contribution in [1.82, 2.24) is 19.6 Å². The van der Waals surface area contributed by atoms with Crippen LogP contribution in [0, 0.1) is 11.8 Å². The average molecular weight is 379 g/mol. The Hall–Kier alpha value is -1.63. The van der Waals surface area contributed by atoms with E-state index in [1.165, 1.54) is 0 Å². The lowest BCUT2D eigenvalue weighted by molar-refractivity contribution is -0.144. The maximum Gasteiger partial charge on any atom is 0.225 e. The van der Waals surface area contributed by atoms with Gasteiger partial charge in [0.1, 0.15) is 0 Å². The zero-order valence-corrected chi connectivity index (χ0v) is 16.9. The summed E-state index contributed by atoms with van der Waals surface area (Å²) in [5, 5.41) is 0. The standard InChI is InChI=1S/C20H34N4O3/c1-3-21-8-10-23(11-9-21)19(26)17-4-6-18(7-5-17)20(27)24-14-12-22(13-15-24)16(2)25/h17-18H,3-15H2,1-2H3. The minimum atomic E-state index is 0.0508. The molecule has 3 rings (SSSR count). The van der Waals surface area contributed by atoms with Gasteiger partial charge < -0.3 is 19.6 Å². The van der Waals surface area contributed by atoms with Crippen molar-refractivity contribution in [3.63, 3.8) is 0 Å². The molecular weight excluding hydrogens is 344 g/mol. The SMILES string of the molecule is CCN1CCN(C(=O)C2CCC(C(=O)N3CCN(C(C)=O)CC3)CC2)CC1. The summed E-state index contributed by atoms with van der Waals surface area (Å²) in [4.78, 5) is 45.2. The van der Waals surface area contributed by atoms with Crippen LogP contribution in [0.1, 0.15) is 39.5 Å². The zero-order chi connectivity index (χ0) is 19.4. The summed E-state index contributed by atoms with van der Waals surface area (Å²) in [5.74, 6) is 0.750. The van der Waals surface area contributed by atoms with Crippen LogP contribution in [0.25, 0.3) is 0 Å². The molecule has 152 valence electrons. The van der Waals surface area contributed by atoms with Crippen LogP contribution in [-0.2, 0) is 14.4 Å². The minimum absolute atomic E-state index is 0.0508. The summed E-state index contributed by atoms with van der Waals surface area (Å²) in [5.41, 5.74) is 0. The summed E-state index contributed by atoms with van der Waals surface area (Å²) < 4.78 is 0. The quantitative estimate of drug-likeness (QED) is 0.723. The largest absolute Gasteiger partial charge is 0.340 e. The van der Waals surface area contributed by atoms with Crippen molar-refractivity contribution >= 4 is 17.7 Å². The van der Waals surface area contributed by atoms with E-state index in [9.17, 15) is 14.4 Å². The molecular formula is C20H34N4O3. The lowest BCUT2D eigenvalue weighted by Crippen LogP contribution is -2.52. The Kier molecular flexibility index (Phi) is 6.73. The van der Waals surface area contributed by atoms with Crippen LogP contribution in [0.2, 0.25) is 0 Å². The van der Waals surface area contributed by atoms with Crippen LogP contribution >= 0.6 is 0 Å². The third kappa shape index (κ3) is 4.81. The zero-order valence-electron chi connectivity index (χ0n) is 16.9. The highest BCUT2D eigenvalue weighted by Gasteiger charge is 2.35. The van der Waals surface area contributed by atoms with Crippen molar-refractivity contribution in [3.05, 3.63) is 0 Å². The first-order valence-corrected chi connectivity index (χ1v) is 10.5. The molecule has 2 aliphatic heterocycles. The first kappa shape index (κ1) is 20.1. The number of nitrogens with zero attached hydrogens (tertiary/aromatic N) is 4. The van der Waals surface area contributed by atoms with Crippen LogP contribution in [0.4, 0.5) is 0 Å². The highest BCUT2D eigenvalue weighted by atomic mass is 16.2. The summed E-state index contributed by atoms with van der Waals surface area (Å²) in [6.45, 7) is 11.0. The Bertz CT molecular complexity index is 543. The van der Waals surface area contributed by atoms with E-state index < -0.39 is 0 Å². The van der Waals surface area contributed by atoms with E-state index in [4.69, 9.17) is 0 Å². The molecule has 0 bridgehead atoms. The molecule has 7 heteroatoms. The minimum Gasteiger partial charge on any atom is -0.340 e. The van der Waals surface area contributed by atoms with E-state index in [2.05, 4.69) is 11.8 Å². The van der Waals surface area contributed by atoms with Gasteiger partial charge >= 0.3 is 0 Å². The predicted molar refractivity (Wildman–Crippen MR) is 103 cm³/mol. The number of carbonyl (C=O) groups is 3. The van der Waals surface area contributed by atoms with Crippen LogP contribution in [-0.4, -0.2) is 96.2 Å². The normalized spacial score (nSPS) is 27.6. The van der Waals surface area contributed by atoms with E-state index in [1.54, 1.807) is 11.8 Å². The third-order valence-corrected chi connectivity index (χ3v) is 6.59. The van der Waals surface area contributed by atoms with Gasteiger partial charge in [-0.2, -0.15) is 0 Å². The Balaban J connectivity index is 1.43. The van der Waals surface area contributed by atoms with Crippen LogP contribution in [0.3, 0.4) is 0 Å². The number of hydrogen-bond acceptors (Lipinski definition) is 4. The molecule has 3 amide bonds. The van der Waals surface area contributed by atoms with E-state index in [1.807, 2.05) is 9.80 Å². The summed E-state index contributed by atoms with van der Waals surface area (Å²) in [6.07, 6.45) is 3.29. The molecule has 3 aliphatic rings. The molecule has 1 saturated carbocycles. The lowest BCUT2D eigenvalue weighted by Gasteiger charge is -2.39.